The van der Waals surface area contributed by atoms with Crippen LogP contribution < -0.4 is 10.2 Å². The molecular weight excluding hydrogens is 279 g/mol. The summed E-state index contributed by atoms with van der Waals surface area (Å²) in [6, 6.07) is 5.41. The zero-order chi connectivity index (χ0) is 13.9. The van der Waals surface area contributed by atoms with Crippen LogP contribution in [0, 0.1) is 0 Å². The first-order valence-electron chi connectivity index (χ1n) is 6.88. The van der Waals surface area contributed by atoms with E-state index in [1.807, 2.05) is 6.07 Å². The third kappa shape index (κ3) is 1.88. The van der Waals surface area contributed by atoms with Crippen LogP contribution >= 0.6 is 0 Å². The number of hydrogen-bond donors (Lipinski definition) is 1. The quantitative estimate of drug-likeness (QED) is 0.691. The van der Waals surface area contributed by atoms with Crippen molar-refractivity contribution in [2.75, 3.05) is 5.75 Å². The van der Waals surface area contributed by atoms with Gasteiger partial charge in [-0.15, -0.1) is 0 Å². The molecule has 1 N–H and O–H groups in total. The summed E-state index contributed by atoms with van der Waals surface area (Å²) in [5, 5.41) is 9.58. The molecule has 4 aliphatic rings. The summed E-state index contributed by atoms with van der Waals surface area (Å²) < 4.78 is 36.2. The second-order valence-electron chi connectivity index (χ2n) is 5.77. The van der Waals surface area contributed by atoms with Crippen LogP contribution in [0.3, 0.4) is 0 Å². The largest absolute Gasteiger partial charge is 0.492 e. The van der Waals surface area contributed by atoms with E-state index in [0.717, 1.165) is 12.0 Å². The molecule has 3 atom stereocenters. The third-order valence-electron chi connectivity index (χ3n) is 4.50. The summed E-state index contributed by atoms with van der Waals surface area (Å²) in [4.78, 5) is 0. The molecule has 106 valence electrons. The Morgan fingerprint density at radius 1 is 1.30 bits per heavy atom. The number of sulfone groups is 1. The number of fused-ring (bicyclic) bond motifs is 2. The molecule has 0 saturated heterocycles. The fourth-order valence-electron chi connectivity index (χ4n) is 3.44. The van der Waals surface area contributed by atoms with Gasteiger partial charge in [0.15, 0.2) is 9.84 Å². The zero-order valence-corrected chi connectivity index (χ0v) is 11.7. The normalized spacial score (nSPS) is 33.9. The molecule has 0 spiro atoms. The fourth-order valence-corrected chi connectivity index (χ4v) is 5.39. The second kappa shape index (κ2) is 4.22. The van der Waals surface area contributed by atoms with Crippen molar-refractivity contribution < 1.29 is 22.8 Å². The molecule has 5 rings (SSSR count). The summed E-state index contributed by atoms with van der Waals surface area (Å²) in [6.45, 7) is 0. The van der Waals surface area contributed by atoms with E-state index in [9.17, 15) is 13.4 Å². The van der Waals surface area contributed by atoms with Crippen molar-refractivity contribution >= 4 is 22.4 Å². The number of rotatable bonds is 0. The smallest absolute Gasteiger partial charge is 0.490 e. The van der Waals surface area contributed by atoms with E-state index in [0.29, 0.717) is 24.1 Å². The molecule has 3 aliphatic heterocycles. The number of hydrogen-bond acceptors (Lipinski definition) is 5. The van der Waals surface area contributed by atoms with Crippen molar-refractivity contribution in [2.24, 2.45) is 0 Å². The highest BCUT2D eigenvalue weighted by Gasteiger charge is 2.43. The minimum absolute atomic E-state index is 0.0532. The standard InChI is InChI=1S/C13H15BO5S/c15-14-12-6-9-2-4-11(12)13(19-14)7-20(16,17)10-3-1-8(5-10)18-9/h2,4,6,8,10,13,15H,1,3,5,7H2. The predicted molar refractivity (Wildman–Crippen MR) is 73.7 cm³/mol. The Morgan fingerprint density at radius 3 is 3.00 bits per heavy atom. The molecule has 0 aromatic heterocycles. The summed E-state index contributed by atoms with van der Waals surface area (Å²) in [5.41, 5.74) is 1.38. The second-order valence-corrected chi connectivity index (χ2v) is 8.10. The molecule has 20 heavy (non-hydrogen) atoms. The van der Waals surface area contributed by atoms with Gasteiger partial charge in [0.25, 0.3) is 0 Å². The average molecular weight is 294 g/mol. The summed E-state index contributed by atoms with van der Waals surface area (Å²) in [7, 11) is -4.30. The molecule has 5 nitrogen and oxygen atoms in total. The third-order valence-corrected chi connectivity index (χ3v) is 6.71. The monoisotopic (exact) mass is 294 g/mol. The molecule has 1 fully saturated rings. The van der Waals surface area contributed by atoms with E-state index in [1.165, 1.54) is 0 Å². The molecular formula is C13H15BO5S. The van der Waals surface area contributed by atoms with Crippen molar-refractivity contribution in [1.82, 2.24) is 0 Å². The van der Waals surface area contributed by atoms with Gasteiger partial charge in [-0.2, -0.15) is 0 Å². The number of ether oxygens (including phenoxy) is 1. The summed E-state index contributed by atoms with van der Waals surface area (Å²) in [6.07, 6.45) is 1.33. The topological polar surface area (TPSA) is 72.8 Å². The van der Waals surface area contributed by atoms with Gasteiger partial charge < -0.3 is 14.4 Å². The van der Waals surface area contributed by atoms with E-state index in [4.69, 9.17) is 9.39 Å². The van der Waals surface area contributed by atoms with Crippen molar-refractivity contribution in [3.8, 4) is 5.75 Å². The van der Waals surface area contributed by atoms with Gasteiger partial charge >= 0.3 is 7.12 Å². The Morgan fingerprint density at radius 2 is 2.15 bits per heavy atom. The fraction of sp³-hybridized carbons (Fsp3) is 0.538. The van der Waals surface area contributed by atoms with Crippen LogP contribution in [-0.4, -0.2) is 37.7 Å². The molecule has 1 aliphatic carbocycles. The van der Waals surface area contributed by atoms with Crippen LogP contribution in [-0.2, 0) is 14.5 Å². The molecule has 1 saturated carbocycles. The summed E-state index contributed by atoms with van der Waals surface area (Å²) in [5.74, 6) is 0.616. The highest BCUT2D eigenvalue weighted by Crippen LogP contribution is 2.35. The van der Waals surface area contributed by atoms with E-state index in [-0.39, 0.29) is 17.1 Å². The Balaban J connectivity index is 1.84. The van der Waals surface area contributed by atoms with E-state index < -0.39 is 23.1 Å². The highest BCUT2D eigenvalue weighted by atomic mass is 32.2. The predicted octanol–water partition coefficient (Wildman–Crippen LogP) is 0.174. The molecule has 1 aromatic carbocycles. The van der Waals surface area contributed by atoms with E-state index >= 15 is 0 Å². The zero-order valence-electron chi connectivity index (χ0n) is 10.9. The maximum Gasteiger partial charge on any atom is 0.492 e. The SMILES string of the molecule is O=S1(=O)CC2OB(O)c3cc(ccc32)OC2CCC1C2. The number of benzene rings is 1. The van der Waals surface area contributed by atoms with E-state index in [2.05, 4.69) is 0 Å². The van der Waals surface area contributed by atoms with Gasteiger partial charge in [-0.1, -0.05) is 6.07 Å². The van der Waals surface area contributed by atoms with Gasteiger partial charge in [-0.3, -0.25) is 0 Å². The maximum atomic E-state index is 12.5. The maximum absolute atomic E-state index is 12.5. The van der Waals surface area contributed by atoms with Crippen LogP contribution in [0.2, 0.25) is 0 Å². The molecule has 7 heteroatoms. The minimum atomic E-state index is -3.24. The highest BCUT2D eigenvalue weighted by molar-refractivity contribution is 7.92. The molecule has 0 radical (unpaired) electrons. The molecule has 3 unspecified atom stereocenters. The molecule has 1 aromatic rings. The van der Waals surface area contributed by atoms with Gasteiger partial charge in [0, 0.05) is 6.42 Å². The first-order chi connectivity index (χ1) is 9.53. The van der Waals surface area contributed by atoms with E-state index in [1.54, 1.807) is 12.1 Å². The average Bonchev–Trinajstić information content (AvgIpc) is 2.95. The summed E-state index contributed by atoms with van der Waals surface area (Å²) >= 11 is 0. The van der Waals surface area contributed by atoms with Crippen LogP contribution in [0.5, 0.6) is 5.75 Å². The minimum Gasteiger partial charge on any atom is -0.490 e. The first-order valence-corrected chi connectivity index (χ1v) is 8.60. The van der Waals surface area contributed by atoms with Gasteiger partial charge in [-0.25, -0.2) is 8.42 Å². The van der Waals surface area contributed by atoms with Gasteiger partial charge in [0.1, 0.15) is 5.75 Å². The molecule has 6 bridgehead atoms. The Hall–Kier alpha value is -1.05. The van der Waals surface area contributed by atoms with Crippen LogP contribution in [0.1, 0.15) is 30.9 Å². The van der Waals surface area contributed by atoms with Crippen molar-refractivity contribution in [3.63, 3.8) is 0 Å². The first kappa shape index (κ1) is 12.7. The Kier molecular flexibility index (Phi) is 2.68. The lowest BCUT2D eigenvalue weighted by atomic mass is 9.79. The van der Waals surface area contributed by atoms with Crippen molar-refractivity contribution in [2.45, 2.75) is 36.7 Å². The van der Waals surface area contributed by atoms with Gasteiger partial charge in [0.05, 0.1) is 23.2 Å². The van der Waals surface area contributed by atoms with Crippen molar-refractivity contribution in [1.29, 1.82) is 0 Å². The van der Waals surface area contributed by atoms with Crippen LogP contribution in [0.4, 0.5) is 0 Å². The lowest BCUT2D eigenvalue weighted by molar-refractivity contribution is 0.208. The van der Waals surface area contributed by atoms with Crippen LogP contribution in [0.25, 0.3) is 0 Å². The Labute approximate surface area is 118 Å². The Bertz CT molecular complexity index is 659. The van der Waals surface area contributed by atoms with Gasteiger partial charge in [0.2, 0.25) is 0 Å². The molecule has 0 amide bonds. The van der Waals surface area contributed by atoms with Gasteiger partial charge in [-0.05, 0) is 36.0 Å². The van der Waals surface area contributed by atoms with Crippen LogP contribution in [0.15, 0.2) is 18.2 Å². The lowest BCUT2D eigenvalue weighted by Crippen LogP contribution is -2.29. The van der Waals surface area contributed by atoms with Crippen molar-refractivity contribution in [3.05, 3.63) is 23.8 Å². The lowest BCUT2D eigenvalue weighted by Gasteiger charge is -2.16. The molecule has 3 heterocycles.